The van der Waals surface area contributed by atoms with Crippen LogP contribution in [0.4, 0.5) is 4.39 Å². The van der Waals surface area contributed by atoms with Crippen LogP contribution in [0.5, 0.6) is 0 Å². The summed E-state index contributed by atoms with van der Waals surface area (Å²) in [6.45, 7) is 3.20. The molecule has 0 aliphatic rings. The summed E-state index contributed by atoms with van der Waals surface area (Å²) >= 11 is 0. The van der Waals surface area contributed by atoms with E-state index in [9.17, 15) is 18.8 Å². The molecule has 0 unspecified atom stereocenters. The first-order valence-electron chi connectivity index (χ1n) is 5.45. The highest BCUT2D eigenvalue weighted by Crippen LogP contribution is 2.12. The van der Waals surface area contributed by atoms with Gasteiger partial charge in [-0.05, 0) is 37.6 Å². The van der Waals surface area contributed by atoms with Gasteiger partial charge in [-0.2, -0.15) is 0 Å². The van der Waals surface area contributed by atoms with E-state index in [-0.39, 0.29) is 12.2 Å². The highest BCUT2D eigenvalue weighted by Gasteiger charge is 2.20. The summed E-state index contributed by atoms with van der Waals surface area (Å²) in [5, 5.41) is 0. The third-order valence-corrected chi connectivity index (χ3v) is 2.31. The largest absolute Gasteiger partial charge is 0.460 e. The van der Waals surface area contributed by atoms with Crippen molar-refractivity contribution in [1.82, 2.24) is 0 Å². The van der Waals surface area contributed by atoms with Gasteiger partial charge in [-0.15, -0.1) is 0 Å². The van der Waals surface area contributed by atoms with Gasteiger partial charge in [0, 0.05) is 5.56 Å². The van der Waals surface area contributed by atoms with Gasteiger partial charge in [0.15, 0.2) is 5.78 Å². The van der Waals surface area contributed by atoms with Gasteiger partial charge in [0.05, 0.1) is 13.0 Å². The number of hydrogen-bond acceptors (Lipinski definition) is 4. The van der Waals surface area contributed by atoms with E-state index in [4.69, 9.17) is 0 Å². The lowest BCUT2D eigenvalue weighted by Crippen LogP contribution is -2.21. The topological polar surface area (TPSA) is 60.4 Å². The van der Waals surface area contributed by atoms with Crippen LogP contribution in [0.25, 0.3) is 0 Å². The Morgan fingerprint density at radius 2 is 1.94 bits per heavy atom. The maximum absolute atomic E-state index is 12.8. The summed E-state index contributed by atoms with van der Waals surface area (Å²) in [5.74, 6) is -2.90. The molecular weight excluding hydrogens is 239 g/mol. The summed E-state index contributed by atoms with van der Waals surface area (Å²) in [7, 11) is 0. The summed E-state index contributed by atoms with van der Waals surface area (Å²) in [4.78, 5) is 34.1. The molecule has 0 saturated carbocycles. The quantitative estimate of drug-likeness (QED) is 0.347. The maximum atomic E-state index is 12.8. The number of carbonyl (C=O) groups excluding carboxylic acids is 3. The second kappa shape index (κ2) is 6.05. The number of benzene rings is 1. The van der Waals surface area contributed by atoms with Gasteiger partial charge in [-0.25, -0.2) is 9.18 Å². The Balaban J connectivity index is 2.77. The van der Waals surface area contributed by atoms with Crippen molar-refractivity contribution in [2.24, 2.45) is 0 Å². The first kappa shape index (κ1) is 14.0. The van der Waals surface area contributed by atoms with E-state index in [2.05, 4.69) is 4.74 Å². The minimum absolute atomic E-state index is 0.0777. The van der Waals surface area contributed by atoms with Crippen molar-refractivity contribution in [3.8, 4) is 0 Å². The lowest BCUT2D eigenvalue weighted by atomic mass is 10.0. The van der Waals surface area contributed by atoms with Crippen molar-refractivity contribution in [2.45, 2.75) is 20.3 Å². The van der Waals surface area contributed by atoms with Gasteiger partial charge in [0.2, 0.25) is 5.78 Å². The molecule has 0 N–H and O–H groups in total. The van der Waals surface area contributed by atoms with Gasteiger partial charge >= 0.3 is 5.97 Å². The Bertz CT molecular complexity index is 494. The Morgan fingerprint density at radius 1 is 1.28 bits per heavy atom. The monoisotopic (exact) mass is 252 g/mol. The van der Waals surface area contributed by atoms with Crippen LogP contribution in [0.3, 0.4) is 0 Å². The number of halogens is 1. The SMILES string of the molecule is CCOC(=O)C(=O)CC(=O)c1ccc(F)cc1C. The van der Waals surface area contributed by atoms with Crippen LogP contribution in [-0.4, -0.2) is 24.1 Å². The molecule has 0 fully saturated rings. The van der Waals surface area contributed by atoms with Gasteiger partial charge in [-0.1, -0.05) is 0 Å². The van der Waals surface area contributed by atoms with Crippen LogP contribution in [0.15, 0.2) is 18.2 Å². The number of ether oxygens (including phenoxy) is 1. The molecule has 0 amide bonds. The van der Waals surface area contributed by atoms with E-state index >= 15 is 0 Å². The number of esters is 1. The van der Waals surface area contributed by atoms with E-state index in [0.29, 0.717) is 5.56 Å². The average Bonchev–Trinajstić information content (AvgIpc) is 2.28. The molecule has 1 aromatic rings. The normalized spacial score (nSPS) is 9.94. The Labute approximate surface area is 104 Å². The summed E-state index contributed by atoms with van der Waals surface area (Å²) in [6, 6.07) is 3.63. The van der Waals surface area contributed by atoms with Crippen LogP contribution < -0.4 is 0 Å². The molecule has 0 heterocycles. The lowest BCUT2D eigenvalue weighted by Gasteiger charge is -2.04. The minimum Gasteiger partial charge on any atom is -0.460 e. The molecule has 0 spiro atoms. The van der Waals surface area contributed by atoms with E-state index in [1.807, 2.05) is 0 Å². The van der Waals surface area contributed by atoms with Crippen LogP contribution >= 0.6 is 0 Å². The standard InChI is InChI=1S/C13H13FO4/c1-3-18-13(17)12(16)7-11(15)10-5-4-9(14)6-8(10)2/h4-6H,3,7H2,1-2H3. The Kier molecular flexibility index (Phi) is 4.71. The van der Waals surface area contributed by atoms with E-state index in [1.165, 1.54) is 12.1 Å². The zero-order valence-corrected chi connectivity index (χ0v) is 10.2. The van der Waals surface area contributed by atoms with Crippen molar-refractivity contribution in [1.29, 1.82) is 0 Å². The summed E-state index contributed by atoms with van der Waals surface area (Å²) in [5.41, 5.74) is 0.658. The smallest absolute Gasteiger partial charge is 0.375 e. The molecular formula is C13H13FO4. The molecule has 0 aromatic heterocycles. The number of hydrogen-bond donors (Lipinski definition) is 0. The fraction of sp³-hybridized carbons (Fsp3) is 0.308. The molecule has 0 atom stereocenters. The van der Waals surface area contributed by atoms with Crippen LogP contribution in [0.1, 0.15) is 29.3 Å². The van der Waals surface area contributed by atoms with E-state index in [1.54, 1.807) is 13.8 Å². The number of carbonyl (C=O) groups is 3. The molecule has 0 aliphatic heterocycles. The van der Waals surface area contributed by atoms with Crippen molar-refractivity contribution in [3.05, 3.63) is 35.1 Å². The predicted octanol–water partition coefficient (Wildman–Crippen LogP) is 1.84. The number of ketones is 2. The van der Waals surface area contributed by atoms with Crippen molar-refractivity contribution < 1.29 is 23.5 Å². The van der Waals surface area contributed by atoms with Crippen molar-refractivity contribution in [3.63, 3.8) is 0 Å². The molecule has 0 radical (unpaired) electrons. The molecule has 5 heteroatoms. The highest BCUT2D eigenvalue weighted by atomic mass is 19.1. The average molecular weight is 252 g/mol. The predicted molar refractivity (Wildman–Crippen MR) is 61.7 cm³/mol. The second-order valence-corrected chi connectivity index (χ2v) is 3.70. The van der Waals surface area contributed by atoms with Gasteiger partial charge < -0.3 is 4.74 Å². The molecule has 0 aliphatic carbocycles. The number of rotatable bonds is 5. The second-order valence-electron chi connectivity index (χ2n) is 3.70. The van der Waals surface area contributed by atoms with E-state index in [0.717, 1.165) is 6.07 Å². The third-order valence-electron chi connectivity index (χ3n) is 2.31. The molecule has 1 aromatic carbocycles. The zero-order chi connectivity index (χ0) is 13.7. The molecule has 1 rings (SSSR count). The lowest BCUT2D eigenvalue weighted by molar-refractivity contribution is -0.153. The Morgan fingerprint density at radius 3 is 2.50 bits per heavy atom. The van der Waals surface area contributed by atoms with Crippen LogP contribution in [0.2, 0.25) is 0 Å². The first-order valence-corrected chi connectivity index (χ1v) is 5.45. The Hall–Kier alpha value is -2.04. The number of aryl methyl sites for hydroxylation is 1. The van der Waals surface area contributed by atoms with Crippen molar-refractivity contribution in [2.75, 3.05) is 6.61 Å². The zero-order valence-electron chi connectivity index (χ0n) is 10.2. The van der Waals surface area contributed by atoms with Crippen molar-refractivity contribution >= 4 is 17.5 Å². The summed E-state index contributed by atoms with van der Waals surface area (Å²) in [6.07, 6.45) is -0.564. The molecule has 18 heavy (non-hydrogen) atoms. The first-order chi connectivity index (χ1) is 8.45. The van der Waals surface area contributed by atoms with Gasteiger partial charge in [0.25, 0.3) is 0 Å². The fourth-order valence-electron chi connectivity index (χ4n) is 1.46. The third kappa shape index (κ3) is 3.48. The van der Waals surface area contributed by atoms with Gasteiger partial charge in [-0.3, -0.25) is 9.59 Å². The van der Waals surface area contributed by atoms with Gasteiger partial charge in [0.1, 0.15) is 5.82 Å². The summed E-state index contributed by atoms with van der Waals surface area (Å²) < 4.78 is 17.3. The highest BCUT2D eigenvalue weighted by molar-refractivity contribution is 6.38. The molecule has 0 bridgehead atoms. The number of Topliss-reactive ketones (excluding diaryl/α,β-unsaturated/α-hetero) is 2. The van der Waals surface area contributed by atoms with Crippen LogP contribution in [-0.2, 0) is 14.3 Å². The molecule has 4 nitrogen and oxygen atoms in total. The van der Waals surface area contributed by atoms with Crippen LogP contribution in [0, 0.1) is 12.7 Å². The molecule has 0 saturated heterocycles. The fourth-order valence-corrected chi connectivity index (χ4v) is 1.46. The maximum Gasteiger partial charge on any atom is 0.375 e. The molecule has 96 valence electrons. The minimum atomic E-state index is -1.02. The van der Waals surface area contributed by atoms with E-state index < -0.39 is 29.8 Å².